The van der Waals surface area contributed by atoms with E-state index in [9.17, 15) is 9.59 Å². The van der Waals surface area contributed by atoms with Crippen molar-refractivity contribution in [3.05, 3.63) is 50.3 Å². The third kappa shape index (κ3) is 4.03. The molecular formula is C18H22N4O3S. The molecule has 0 spiro atoms. The predicted molar refractivity (Wildman–Crippen MR) is 102 cm³/mol. The van der Waals surface area contributed by atoms with E-state index in [1.807, 2.05) is 19.4 Å². The third-order valence-electron chi connectivity index (χ3n) is 4.18. The monoisotopic (exact) mass is 374 g/mol. The minimum atomic E-state index is -0.196. The molecule has 2 heterocycles. The molecule has 0 bridgehead atoms. The summed E-state index contributed by atoms with van der Waals surface area (Å²) in [6.07, 6.45) is 0.759. The third-order valence-corrected chi connectivity index (χ3v) is 5.18. The van der Waals surface area contributed by atoms with Gasteiger partial charge in [0.1, 0.15) is 0 Å². The summed E-state index contributed by atoms with van der Waals surface area (Å²) in [4.78, 5) is 32.6. The van der Waals surface area contributed by atoms with Crippen molar-refractivity contribution in [2.45, 2.75) is 26.8 Å². The van der Waals surface area contributed by atoms with E-state index >= 15 is 0 Å². The van der Waals surface area contributed by atoms with Gasteiger partial charge in [-0.15, -0.1) is 11.3 Å². The maximum Gasteiger partial charge on any atom is 0.326 e. The van der Waals surface area contributed by atoms with E-state index in [0.717, 1.165) is 17.6 Å². The highest BCUT2D eigenvalue weighted by molar-refractivity contribution is 7.09. The lowest BCUT2D eigenvalue weighted by Crippen LogP contribution is -2.25. The van der Waals surface area contributed by atoms with Crippen LogP contribution in [0, 0.1) is 6.92 Å². The van der Waals surface area contributed by atoms with Crippen molar-refractivity contribution >= 4 is 28.3 Å². The van der Waals surface area contributed by atoms with E-state index in [-0.39, 0.29) is 11.6 Å². The number of nitrogens with one attached hydrogen (secondary N) is 2. The first-order valence-corrected chi connectivity index (χ1v) is 9.45. The van der Waals surface area contributed by atoms with Gasteiger partial charge >= 0.3 is 5.69 Å². The zero-order valence-corrected chi connectivity index (χ0v) is 15.7. The molecule has 0 aliphatic rings. The van der Waals surface area contributed by atoms with Gasteiger partial charge in [0, 0.05) is 30.0 Å². The zero-order valence-electron chi connectivity index (χ0n) is 14.9. The van der Waals surface area contributed by atoms with Crippen LogP contribution < -0.4 is 11.0 Å². The number of hydrogen-bond donors (Lipinski definition) is 2. The molecule has 138 valence electrons. The number of amides is 1. The number of thiazole rings is 1. The lowest BCUT2D eigenvalue weighted by atomic mass is 10.2. The van der Waals surface area contributed by atoms with Gasteiger partial charge in [0.15, 0.2) is 0 Å². The van der Waals surface area contributed by atoms with E-state index in [1.54, 1.807) is 34.1 Å². The number of benzene rings is 1. The highest BCUT2D eigenvalue weighted by Crippen LogP contribution is 2.14. The number of fused-ring (bicyclic) bond motifs is 1. The molecular weight excluding hydrogens is 352 g/mol. The number of nitrogens with zero attached hydrogens (tertiary/aromatic N) is 2. The summed E-state index contributed by atoms with van der Waals surface area (Å²) >= 11 is 1.60. The number of aromatic nitrogens is 3. The fraction of sp³-hybridized carbons (Fsp3) is 0.389. The molecule has 0 radical (unpaired) electrons. The highest BCUT2D eigenvalue weighted by Gasteiger charge is 2.11. The molecule has 3 rings (SSSR count). The number of aryl methyl sites for hydroxylation is 1. The molecule has 8 heteroatoms. The molecule has 0 fully saturated rings. The lowest BCUT2D eigenvalue weighted by molar-refractivity contribution is 0.0954. The molecule has 2 N–H and O–H groups in total. The summed E-state index contributed by atoms with van der Waals surface area (Å²) < 4.78 is 6.94. The Hall–Kier alpha value is -2.45. The second-order valence-corrected chi connectivity index (χ2v) is 6.82. The van der Waals surface area contributed by atoms with Crippen LogP contribution in [0.15, 0.2) is 28.5 Å². The number of carbonyl (C=O) groups excluding carboxylic acids is 1. The fourth-order valence-electron chi connectivity index (χ4n) is 2.78. The molecule has 0 saturated carbocycles. The Morgan fingerprint density at radius 1 is 1.42 bits per heavy atom. The maximum absolute atomic E-state index is 12.4. The van der Waals surface area contributed by atoms with E-state index in [2.05, 4.69) is 15.3 Å². The van der Waals surface area contributed by atoms with Crippen LogP contribution in [-0.2, 0) is 17.7 Å². The minimum absolute atomic E-state index is 0.156. The molecule has 1 aromatic carbocycles. The summed E-state index contributed by atoms with van der Waals surface area (Å²) in [5, 5.41) is 2.91. The van der Waals surface area contributed by atoms with Crippen LogP contribution in [0.4, 0.5) is 0 Å². The number of hydrogen-bond acceptors (Lipinski definition) is 5. The summed E-state index contributed by atoms with van der Waals surface area (Å²) in [5.74, 6) is -0.156. The van der Waals surface area contributed by atoms with Gasteiger partial charge in [0.25, 0.3) is 5.91 Å². The summed E-state index contributed by atoms with van der Waals surface area (Å²) in [6.45, 7) is 6.00. The molecule has 7 nitrogen and oxygen atoms in total. The van der Waals surface area contributed by atoms with Crippen LogP contribution in [0.3, 0.4) is 0 Å². The van der Waals surface area contributed by atoms with E-state index < -0.39 is 0 Å². The molecule has 3 aromatic rings. The predicted octanol–water partition coefficient (Wildman–Crippen LogP) is 2.10. The highest BCUT2D eigenvalue weighted by atomic mass is 32.1. The van der Waals surface area contributed by atoms with Crippen LogP contribution in [-0.4, -0.2) is 40.2 Å². The number of ether oxygens (including phenoxy) is 1. The van der Waals surface area contributed by atoms with Gasteiger partial charge in [0.05, 0.1) is 35.4 Å². The van der Waals surface area contributed by atoms with Crippen LogP contribution in [0.2, 0.25) is 0 Å². The molecule has 26 heavy (non-hydrogen) atoms. The first-order valence-electron chi connectivity index (χ1n) is 8.57. The molecule has 0 saturated heterocycles. The van der Waals surface area contributed by atoms with E-state index in [4.69, 9.17) is 4.74 Å². The number of imidazole rings is 1. The van der Waals surface area contributed by atoms with Gasteiger partial charge in [-0.3, -0.25) is 9.36 Å². The normalized spacial score (nSPS) is 11.2. The van der Waals surface area contributed by atoms with Gasteiger partial charge in [-0.05, 0) is 32.0 Å². The van der Waals surface area contributed by atoms with Crippen molar-refractivity contribution < 1.29 is 9.53 Å². The standard InChI is InChI=1S/C18H22N4O3S/c1-3-25-9-8-22-15-5-4-13(10-14(15)21-18(22)24)17(23)19-7-6-16-12(2)20-11-26-16/h4-5,10-11H,3,6-9H2,1-2H3,(H,19,23)(H,21,24). The Morgan fingerprint density at radius 2 is 2.27 bits per heavy atom. The van der Waals surface area contributed by atoms with Crippen molar-refractivity contribution in [1.82, 2.24) is 19.9 Å². The van der Waals surface area contributed by atoms with Crippen molar-refractivity contribution in [3.63, 3.8) is 0 Å². The molecule has 0 unspecified atom stereocenters. The maximum atomic E-state index is 12.4. The molecule has 2 aromatic heterocycles. The largest absolute Gasteiger partial charge is 0.380 e. The summed E-state index contributed by atoms with van der Waals surface area (Å²) in [6, 6.07) is 5.24. The molecule has 0 atom stereocenters. The average Bonchev–Trinajstić information content (AvgIpc) is 3.17. The number of rotatable bonds is 8. The van der Waals surface area contributed by atoms with Crippen molar-refractivity contribution in [3.8, 4) is 0 Å². The first-order chi connectivity index (χ1) is 12.6. The zero-order chi connectivity index (χ0) is 18.5. The minimum Gasteiger partial charge on any atom is -0.380 e. The Bertz CT molecular complexity index is 957. The first kappa shape index (κ1) is 18.3. The fourth-order valence-corrected chi connectivity index (χ4v) is 3.57. The van der Waals surface area contributed by atoms with Crippen LogP contribution in [0.1, 0.15) is 27.9 Å². The summed E-state index contributed by atoms with van der Waals surface area (Å²) in [5.41, 5.74) is 4.57. The van der Waals surface area contributed by atoms with Gasteiger partial charge in [0.2, 0.25) is 0 Å². The van der Waals surface area contributed by atoms with Gasteiger partial charge in [-0.25, -0.2) is 9.78 Å². The Balaban J connectivity index is 1.67. The Labute approximate surface area is 155 Å². The quantitative estimate of drug-likeness (QED) is 0.591. The van der Waals surface area contributed by atoms with E-state index in [1.165, 1.54) is 4.88 Å². The van der Waals surface area contributed by atoms with Crippen molar-refractivity contribution in [1.29, 1.82) is 0 Å². The van der Waals surface area contributed by atoms with E-state index in [0.29, 0.717) is 37.4 Å². The van der Waals surface area contributed by atoms with Crippen LogP contribution in [0.5, 0.6) is 0 Å². The van der Waals surface area contributed by atoms with Gasteiger partial charge < -0.3 is 15.0 Å². The Kier molecular flexibility index (Phi) is 5.85. The van der Waals surface area contributed by atoms with Crippen molar-refractivity contribution in [2.75, 3.05) is 19.8 Å². The van der Waals surface area contributed by atoms with Gasteiger partial charge in [-0.1, -0.05) is 0 Å². The topological polar surface area (TPSA) is 89.0 Å². The second kappa shape index (κ2) is 8.29. The number of H-pyrrole nitrogens is 1. The summed E-state index contributed by atoms with van der Waals surface area (Å²) in [7, 11) is 0. The molecule has 0 aliphatic heterocycles. The average molecular weight is 374 g/mol. The van der Waals surface area contributed by atoms with Crippen LogP contribution in [0.25, 0.3) is 11.0 Å². The van der Waals surface area contributed by atoms with Crippen LogP contribution >= 0.6 is 11.3 Å². The molecule has 0 aliphatic carbocycles. The molecule has 1 amide bonds. The smallest absolute Gasteiger partial charge is 0.326 e. The lowest BCUT2D eigenvalue weighted by Gasteiger charge is -2.06. The second-order valence-electron chi connectivity index (χ2n) is 5.88. The Morgan fingerprint density at radius 3 is 3.00 bits per heavy atom. The number of aromatic amines is 1. The van der Waals surface area contributed by atoms with Crippen molar-refractivity contribution in [2.24, 2.45) is 0 Å². The number of carbonyl (C=O) groups is 1. The SMILES string of the molecule is CCOCCn1c(=O)[nH]c2cc(C(=O)NCCc3scnc3C)ccc21. The van der Waals surface area contributed by atoms with Gasteiger partial charge in [-0.2, -0.15) is 0 Å².